The number of carbonyl (C=O) groups is 2. The molecule has 168 valence electrons. The molecule has 9 heteroatoms. The Morgan fingerprint density at radius 2 is 1.78 bits per heavy atom. The molecule has 0 aliphatic heterocycles. The number of nitrogens with one attached hydrogen (secondary N) is 1. The van der Waals surface area contributed by atoms with Gasteiger partial charge in [0.15, 0.2) is 6.10 Å². The molecule has 0 saturated carbocycles. The van der Waals surface area contributed by atoms with Crippen molar-refractivity contribution < 1.29 is 14.3 Å². The van der Waals surface area contributed by atoms with Gasteiger partial charge in [-0.2, -0.15) is 0 Å². The monoisotopic (exact) mass is 473 g/mol. The molecule has 0 spiro atoms. The second-order valence-electron chi connectivity index (χ2n) is 7.11. The normalized spacial score (nSPS) is 11.8. The van der Waals surface area contributed by atoms with Crippen molar-refractivity contribution in [1.82, 2.24) is 9.36 Å². The average Bonchev–Trinajstić information content (AvgIpc) is 2.98. The van der Waals surface area contributed by atoms with E-state index in [1.54, 1.807) is 42.9 Å². The van der Waals surface area contributed by atoms with E-state index in [9.17, 15) is 14.4 Å². The zero-order valence-electron chi connectivity index (χ0n) is 18.0. The largest absolute Gasteiger partial charge is 0.453 e. The number of hydrogen-bond acceptors (Lipinski definition) is 5. The summed E-state index contributed by atoms with van der Waals surface area (Å²) in [5.41, 5.74) is 1.07. The van der Waals surface area contributed by atoms with Crippen molar-refractivity contribution in [2.45, 2.75) is 31.3 Å². The fourth-order valence-corrected chi connectivity index (χ4v) is 3.99. The summed E-state index contributed by atoms with van der Waals surface area (Å²) in [7, 11) is 1.74. The van der Waals surface area contributed by atoms with Crippen molar-refractivity contribution in [3.63, 3.8) is 0 Å². The first kappa shape index (κ1) is 23.7. The maximum Gasteiger partial charge on any atom is 0.307 e. The molecule has 1 aromatic heterocycles. The van der Waals surface area contributed by atoms with Gasteiger partial charge in [0.2, 0.25) is 0 Å². The van der Waals surface area contributed by atoms with E-state index in [2.05, 4.69) is 5.32 Å². The molecule has 0 fully saturated rings. The van der Waals surface area contributed by atoms with Gasteiger partial charge in [-0.25, -0.2) is 4.68 Å². The quantitative estimate of drug-likeness (QED) is 0.392. The first-order valence-electron chi connectivity index (χ1n) is 10.0. The van der Waals surface area contributed by atoms with Crippen LogP contribution in [0.3, 0.4) is 0 Å². The highest BCUT2D eigenvalue weighted by molar-refractivity contribution is 7.99. The Balaban J connectivity index is 1.58. The van der Waals surface area contributed by atoms with Gasteiger partial charge in [0.1, 0.15) is 5.69 Å². The number of para-hydroxylation sites is 1. The topological polar surface area (TPSA) is 82.3 Å². The molecular weight excluding hydrogens is 450 g/mol. The minimum absolute atomic E-state index is 0.149. The molecular formula is C23H24ClN3O4S. The zero-order chi connectivity index (χ0) is 23.3. The average molecular weight is 474 g/mol. The van der Waals surface area contributed by atoms with Crippen LogP contribution in [-0.2, 0) is 21.4 Å². The number of aromatic nitrogens is 2. The molecule has 1 atom stereocenters. The summed E-state index contributed by atoms with van der Waals surface area (Å²) in [6, 6.07) is 16.4. The van der Waals surface area contributed by atoms with Gasteiger partial charge in [-0.15, -0.1) is 11.8 Å². The summed E-state index contributed by atoms with van der Waals surface area (Å²) < 4.78 is 8.37. The second kappa shape index (κ2) is 10.6. The number of halogens is 1. The fraction of sp³-hybridized carbons (Fsp3) is 0.261. The van der Waals surface area contributed by atoms with Crippen LogP contribution in [0.2, 0.25) is 5.02 Å². The van der Waals surface area contributed by atoms with Gasteiger partial charge < -0.3 is 10.1 Å². The van der Waals surface area contributed by atoms with Gasteiger partial charge in [-0.3, -0.25) is 19.1 Å². The van der Waals surface area contributed by atoms with Gasteiger partial charge in [-0.1, -0.05) is 29.8 Å². The molecule has 0 radical (unpaired) electrons. The Kier molecular flexibility index (Phi) is 7.82. The summed E-state index contributed by atoms with van der Waals surface area (Å²) >= 11 is 7.35. The van der Waals surface area contributed by atoms with Gasteiger partial charge in [0.25, 0.3) is 11.5 Å². The molecule has 7 nitrogen and oxygen atoms in total. The molecule has 3 aromatic rings. The Hall–Kier alpha value is -2.97. The van der Waals surface area contributed by atoms with Crippen LogP contribution < -0.4 is 10.9 Å². The first-order valence-corrected chi connectivity index (χ1v) is 11.4. The van der Waals surface area contributed by atoms with Crippen LogP contribution in [0.4, 0.5) is 5.69 Å². The Labute approximate surface area is 195 Å². The second-order valence-corrected chi connectivity index (χ2v) is 8.72. The van der Waals surface area contributed by atoms with Crippen LogP contribution in [0.15, 0.2) is 64.3 Å². The van der Waals surface area contributed by atoms with E-state index in [1.165, 1.54) is 23.4 Å². The molecule has 0 saturated heterocycles. The lowest BCUT2D eigenvalue weighted by Gasteiger charge is -2.13. The third-order valence-corrected chi connectivity index (χ3v) is 6.13. The highest BCUT2D eigenvalue weighted by Crippen LogP contribution is 2.21. The van der Waals surface area contributed by atoms with Crippen molar-refractivity contribution in [2.75, 3.05) is 11.1 Å². The van der Waals surface area contributed by atoms with E-state index in [0.717, 1.165) is 4.90 Å². The predicted molar refractivity (Wildman–Crippen MR) is 127 cm³/mol. The Morgan fingerprint density at radius 3 is 2.44 bits per heavy atom. The van der Waals surface area contributed by atoms with Gasteiger partial charge >= 0.3 is 5.97 Å². The third-order valence-electron chi connectivity index (χ3n) is 4.87. The number of hydrogen-bond donors (Lipinski definition) is 1. The molecule has 1 amide bonds. The van der Waals surface area contributed by atoms with E-state index >= 15 is 0 Å². The number of anilines is 1. The summed E-state index contributed by atoms with van der Waals surface area (Å²) in [6.45, 7) is 3.22. The van der Waals surface area contributed by atoms with Crippen molar-refractivity contribution in [3.05, 3.63) is 75.7 Å². The van der Waals surface area contributed by atoms with Crippen LogP contribution in [0.25, 0.3) is 5.69 Å². The molecule has 32 heavy (non-hydrogen) atoms. The van der Waals surface area contributed by atoms with Crippen molar-refractivity contribution in [1.29, 1.82) is 0 Å². The summed E-state index contributed by atoms with van der Waals surface area (Å²) in [4.78, 5) is 38.6. The predicted octanol–water partition coefficient (Wildman–Crippen LogP) is 4.19. The molecule has 0 aliphatic rings. The zero-order valence-corrected chi connectivity index (χ0v) is 19.6. The number of thioether (sulfide) groups is 1. The first-order chi connectivity index (χ1) is 15.3. The molecule has 0 unspecified atom stereocenters. The van der Waals surface area contributed by atoms with E-state index in [1.807, 2.05) is 30.3 Å². The lowest BCUT2D eigenvalue weighted by atomic mass is 10.3. The minimum Gasteiger partial charge on any atom is -0.453 e. The van der Waals surface area contributed by atoms with E-state index in [-0.39, 0.29) is 17.7 Å². The lowest BCUT2D eigenvalue weighted by Crippen LogP contribution is -2.32. The van der Waals surface area contributed by atoms with Crippen LogP contribution in [0, 0.1) is 6.92 Å². The number of ether oxygens (including phenoxy) is 1. The number of nitrogens with zero attached hydrogens (tertiary/aromatic N) is 2. The van der Waals surface area contributed by atoms with Crippen LogP contribution in [0.1, 0.15) is 19.0 Å². The Bertz CT molecular complexity index is 1160. The van der Waals surface area contributed by atoms with Gasteiger partial charge in [0, 0.05) is 22.7 Å². The summed E-state index contributed by atoms with van der Waals surface area (Å²) in [6.07, 6.45) is -0.886. The highest BCUT2D eigenvalue weighted by Gasteiger charge is 2.23. The number of rotatable bonds is 8. The van der Waals surface area contributed by atoms with E-state index < -0.39 is 18.0 Å². The number of carbonyl (C=O) groups excluding carboxylic acids is 2. The van der Waals surface area contributed by atoms with Gasteiger partial charge in [0.05, 0.1) is 17.8 Å². The highest BCUT2D eigenvalue weighted by atomic mass is 35.5. The maximum atomic E-state index is 12.9. The number of benzene rings is 2. The van der Waals surface area contributed by atoms with Crippen LogP contribution in [0.5, 0.6) is 0 Å². The molecule has 2 aromatic carbocycles. The molecule has 0 bridgehead atoms. The minimum atomic E-state index is -1.03. The van der Waals surface area contributed by atoms with Gasteiger partial charge in [-0.05, 0) is 50.2 Å². The Morgan fingerprint density at radius 1 is 1.12 bits per heavy atom. The lowest BCUT2D eigenvalue weighted by molar-refractivity contribution is -0.152. The molecule has 1 N–H and O–H groups in total. The maximum absolute atomic E-state index is 12.9. The molecule has 1 heterocycles. The third kappa shape index (κ3) is 5.63. The fourth-order valence-electron chi connectivity index (χ4n) is 3.03. The molecule has 3 rings (SSSR count). The van der Waals surface area contributed by atoms with E-state index in [0.29, 0.717) is 22.2 Å². The summed E-state index contributed by atoms with van der Waals surface area (Å²) in [5, 5.41) is 3.26. The van der Waals surface area contributed by atoms with Crippen LogP contribution >= 0.6 is 23.4 Å². The van der Waals surface area contributed by atoms with Crippen LogP contribution in [-0.4, -0.2) is 33.1 Å². The van der Waals surface area contributed by atoms with E-state index in [4.69, 9.17) is 16.3 Å². The number of esters is 1. The SMILES string of the molecule is Cc1c(NC(=O)[C@H](C)OC(=O)CCSc2ccc(Cl)cc2)c(=O)n(-c2ccccc2)n1C. The van der Waals surface area contributed by atoms with Crippen molar-refractivity contribution in [3.8, 4) is 5.69 Å². The van der Waals surface area contributed by atoms with Crippen molar-refractivity contribution in [2.24, 2.45) is 7.05 Å². The smallest absolute Gasteiger partial charge is 0.307 e. The number of amides is 1. The summed E-state index contributed by atoms with van der Waals surface area (Å²) in [5.74, 6) is -0.538. The molecule has 0 aliphatic carbocycles. The standard InChI is InChI=1S/C23H24ClN3O4S/c1-15-21(23(30)27(26(15)3)18-7-5-4-6-8-18)25-22(29)16(2)31-20(28)13-14-32-19-11-9-17(24)10-12-19/h4-12,16H,13-14H2,1-3H3,(H,25,29)/t16-/m0/s1. The van der Waals surface area contributed by atoms with Crippen molar-refractivity contribution >= 4 is 40.9 Å².